The molecule has 11 nitrogen and oxygen atoms in total. The molecule has 1 fully saturated rings. The van der Waals surface area contributed by atoms with Gasteiger partial charge in [-0.05, 0) is 18.1 Å². The first-order valence-electron chi connectivity index (χ1n) is 10.1. The van der Waals surface area contributed by atoms with Crippen molar-refractivity contribution in [2.24, 2.45) is 16.1 Å². The van der Waals surface area contributed by atoms with Crippen LogP contribution in [0.5, 0.6) is 0 Å². The second-order valence-electron chi connectivity index (χ2n) is 7.79. The minimum atomic E-state index is -0.869. The standard InChI is InChI=1S/C20H25N7O4/c1-11(2)9-21-19-23-17-16(18(30)24-19)22-20(26-25-12-6-4-3-5-7-12)27(17)15-8-13(29)14(10-28)31-15/h3-7,11,13-15,28-29H,8-10H2,1-2H3,(H2,21,23,24,30)/t13?,14-,15-/m1/s1. The molecule has 11 heteroatoms. The molecular formula is C20H25N7O4. The summed E-state index contributed by atoms with van der Waals surface area (Å²) >= 11 is 0. The van der Waals surface area contributed by atoms with Crippen molar-refractivity contribution in [1.29, 1.82) is 0 Å². The van der Waals surface area contributed by atoms with E-state index in [0.717, 1.165) is 0 Å². The van der Waals surface area contributed by atoms with Crippen LogP contribution in [0.3, 0.4) is 0 Å². The summed E-state index contributed by atoms with van der Waals surface area (Å²) in [6, 6.07) is 9.10. The number of nitrogens with zero attached hydrogens (tertiary/aromatic N) is 5. The minimum Gasteiger partial charge on any atom is -0.394 e. The topological polar surface area (TPSA) is 150 Å². The predicted molar refractivity (Wildman–Crippen MR) is 114 cm³/mol. The van der Waals surface area contributed by atoms with Gasteiger partial charge in [-0.15, -0.1) is 10.2 Å². The second-order valence-corrected chi connectivity index (χ2v) is 7.79. The van der Waals surface area contributed by atoms with Gasteiger partial charge in [-0.2, -0.15) is 4.98 Å². The highest BCUT2D eigenvalue weighted by molar-refractivity contribution is 5.74. The first-order valence-corrected chi connectivity index (χ1v) is 10.1. The number of anilines is 1. The fourth-order valence-corrected chi connectivity index (χ4v) is 3.33. The maximum absolute atomic E-state index is 12.7. The van der Waals surface area contributed by atoms with Crippen molar-refractivity contribution in [2.45, 2.75) is 38.7 Å². The van der Waals surface area contributed by atoms with Crippen LogP contribution in [-0.2, 0) is 4.74 Å². The van der Waals surface area contributed by atoms with Crippen LogP contribution in [-0.4, -0.2) is 55.1 Å². The van der Waals surface area contributed by atoms with E-state index in [1.54, 1.807) is 12.1 Å². The minimum absolute atomic E-state index is 0.0858. The van der Waals surface area contributed by atoms with Gasteiger partial charge in [0.1, 0.15) is 12.3 Å². The van der Waals surface area contributed by atoms with Crippen LogP contribution in [0.15, 0.2) is 45.4 Å². The molecular weight excluding hydrogens is 402 g/mol. The molecule has 3 heterocycles. The van der Waals surface area contributed by atoms with Gasteiger partial charge >= 0.3 is 0 Å². The van der Waals surface area contributed by atoms with Gasteiger partial charge in [0.2, 0.25) is 5.95 Å². The average Bonchev–Trinajstić information content (AvgIpc) is 3.31. The largest absolute Gasteiger partial charge is 0.394 e. The monoisotopic (exact) mass is 427 g/mol. The SMILES string of the molecule is CC(C)CNc1nc2c(nc(N=Nc3ccccc3)n2[C@H]2CC(O)[C@@H](CO)O2)c(=O)[nH]1. The van der Waals surface area contributed by atoms with Crippen molar-refractivity contribution >= 4 is 28.7 Å². The molecule has 0 bridgehead atoms. The quantitative estimate of drug-likeness (QED) is 0.422. The maximum atomic E-state index is 12.7. The summed E-state index contributed by atoms with van der Waals surface area (Å²) < 4.78 is 7.33. The van der Waals surface area contributed by atoms with Gasteiger partial charge in [0.25, 0.3) is 11.5 Å². The molecule has 1 unspecified atom stereocenters. The summed E-state index contributed by atoms with van der Waals surface area (Å²) in [6.45, 7) is 4.37. The lowest BCUT2D eigenvalue weighted by Crippen LogP contribution is -2.24. The lowest BCUT2D eigenvalue weighted by molar-refractivity contribution is -0.0426. The molecule has 164 valence electrons. The van der Waals surface area contributed by atoms with E-state index in [0.29, 0.717) is 24.1 Å². The molecule has 2 aromatic heterocycles. The highest BCUT2D eigenvalue weighted by Gasteiger charge is 2.37. The van der Waals surface area contributed by atoms with E-state index in [1.807, 2.05) is 32.0 Å². The third-order valence-electron chi connectivity index (χ3n) is 4.89. The Morgan fingerprint density at radius 3 is 2.74 bits per heavy atom. The summed E-state index contributed by atoms with van der Waals surface area (Å²) in [5.41, 5.74) is 0.529. The molecule has 0 aliphatic carbocycles. The van der Waals surface area contributed by atoms with E-state index in [9.17, 15) is 15.0 Å². The van der Waals surface area contributed by atoms with Crippen LogP contribution in [0.2, 0.25) is 0 Å². The number of ether oxygens (including phenoxy) is 1. The van der Waals surface area contributed by atoms with E-state index in [1.165, 1.54) is 4.57 Å². The number of fused-ring (bicyclic) bond motifs is 1. The molecule has 0 amide bonds. The van der Waals surface area contributed by atoms with Crippen LogP contribution in [0.1, 0.15) is 26.5 Å². The summed E-state index contributed by atoms with van der Waals surface area (Å²) in [5.74, 6) is 0.768. The van der Waals surface area contributed by atoms with Crippen LogP contribution in [0.4, 0.5) is 17.6 Å². The molecule has 4 N–H and O–H groups in total. The van der Waals surface area contributed by atoms with Crippen molar-refractivity contribution in [3.8, 4) is 0 Å². The lowest BCUT2D eigenvalue weighted by Gasteiger charge is -2.15. The zero-order valence-corrected chi connectivity index (χ0v) is 17.3. The fourth-order valence-electron chi connectivity index (χ4n) is 3.33. The summed E-state index contributed by atoms with van der Waals surface area (Å²) in [5, 5.41) is 31.2. The Bertz CT molecular complexity index is 1130. The van der Waals surface area contributed by atoms with Crippen molar-refractivity contribution in [1.82, 2.24) is 19.5 Å². The van der Waals surface area contributed by atoms with Crippen molar-refractivity contribution in [3.05, 3.63) is 40.7 Å². The van der Waals surface area contributed by atoms with Crippen molar-refractivity contribution in [2.75, 3.05) is 18.5 Å². The van der Waals surface area contributed by atoms with Gasteiger partial charge in [0, 0.05) is 13.0 Å². The normalized spacial score (nSPS) is 21.5. The van der Waals surface area contributed by atoms with Crippen molar-refractivity contribution < 1.29 is 14.9 Å². The number of hydrogen-bond donors (Lipinski definition) is 4. The first kappa shape index (κ1) is 21.1. The Morgan fingerprint density at radius 1 is 1.29 bits per heavy atom. The van der Waals surface area contributed by atoms with E-state index >= 15 is 0 Å². The number of benzene rings is 1. The van der Waals surface area contributed by atoms with Gasteiger partial charge in [-0.1, -0.05) is 32.0 Å². The summed E-state index contributed by atoms with van der Waals surface area (Å²) in [7, 11) is 0. The molecule has 4 rings (SSSR count). The van der Waals surface area contributed by atoms with E-state index in [-0.39, 0.29) is 30.1 Å². The number of aromatic amines is 1. The number of aromatic nitrogens is 4. The third-order valence-corrected chi connectivity index (χ3v) is 4.89. The Morgan fingerprint density at radius 2 is 2.06 bits per heavy atom. The van der Waals surface area contributed by atoms with Gasteiger partial charge in [0.15, 0.2) is 11.2 Å². The molecule has 1 aromatic carbocycles. The molecule has 0 radical (unpaired) electrons. The highest BCUT2D eigenvalue weighted by Crippen LogP contribution is 2.34. The van der Waals surface area contributed by atoms with Crippen LogP contribution < -0.4 is 10.9 Å². The number of nitrogens with one attached hydrogen (secondary N) is 2. The highest BCUT2D eigenvalue weighted by atomic mass is 16.5. The number of aliphatic hydroxyl groups is 2. The molecule has 0 spiro atoms. The number of azo groups is 1. The smallest absolute Gasteiger partial charge is 0.280 e. The summed E-state index contributed by atoms with van der Waals surface area (Å²) in [4.78, 5) is 24.2. The zero-order valence-electron chi connectivity index (χ0n) is 17.3. The number of hydrogen-bond acceptors (Lipinski definition) is 9. The lowest BCUT2D eigenvalue weighted by atomic mass is 10.2. The van der Waals surface area contributed by atoms with Gasteiger partial charge < -0.3 is 20.3 Å². The number of aliphatic hydroxyl groups excluding tert-OH is 2. The molecule has 31 heavy (non-hydrogen) atoms. The zero-order chi connectivity index (χ0) is 22.0. The number of H-pyrrole nitrogens is 1. The molecule has 1 aliphatic rings. The molecule has 1 aliphatic heterocycles. The van der Waals surface area contributed by atoms with E-state index in [4.69, 9.17) is 4.74 Å². The summed E-state index contributed by atoms with van der Waals surface area (Å²) in [6.07, 6.45) is -2.14. The Hall–Kier alpha value is -3.15. The molecule has 1 saturated heterocycles. The molecule has 0 saturated carbocycles. The van der Waals surface area contributed by atoms with Crippen LogP contribution in [0, 0.1) is 5.92 Å². The Balaban J connectivity index is 1.80. The fraction of sp³-hybridized carbons (Fsp3) is 0.450. The van der Waals surface area contributed by atoms with Crippen LogP contribution in [0.25, 0.3) is 11.2 Å². The van der Waals surface area contributed by atoms with Gasteiger partial charge in [0.05, 0.1) is 18.4 Å². The average molecular weight is 427 g/mol. The third kappa shape index (κ3) is 4.48. The Labute approximate surface area is 177 Å². The number of imidazole rings is 1. The maximum Gasteiger partial charge on any atom is 0.280 e. The van der Waals surface area contributed by atoms with Crippen molar-refractivity contribution in [3.63, 3.8) is 0 Å². The second kappa shape index (κ2) is 8.92. The van der Waals surface area contributed by atoms with E-state index in [2.05, 4.69) is 30.5 Å². The predicted octanol–water partition coefficient (Wildman–Crippen LogP) is 2.24. The van der Waals surface area contributed by atoms with Gasteiger partial charge in [-0.25, -0.2) is 4.98 Å². The molecule has 3 aromatic rings. The Kier molecular flexibility index (Phi) is 6.07. The van der Waals surface area contributed by atoms with E-state index < -0.39 is 24.0 Å². The van der Waals surface area contributed by atoms with Gasteiger partial charge in [-0.3, -0.25) is 14.3 Å². The molecule has 3 atom stereocenters. The number of rotatable bonds is 7. The van der Waals surface area contributed by atoms with Crippen LogP contribution >= 0.6 is 0 Å². The first-order chi connectivity index (χ1) is 15.0.